The smallest absolute Gasteiger partial charge is 0.323 e. The number of ether oxygens (including phenoxy) is 1. The lowest BCUT2D eigenvalue weighted by molar-refractivity contribution is 0.292. The van der Waals surface area contributed by atoms with E-state index < -0.39 is 0 Å². The summed E-state index contributed by atoms with van der Waals surface area (Å²) in [5.41, 5.74) is 5.65. The van der Waals surface area contributed by atoms with Crippen molar-refractivity contribution in [1.29, 1.82) is 0 Å². The quantitative estimate of drug-likeness (QED) is 0.852. The highest BCUT2D eigenvalue weighted by Gasteiger charge is 2.12. The van der Waals surface area contributed by atoms with Crippen LogP contribution in [0.5, 0.6) is 6.01 Å². The Morgan fingerprint density at radius 3 is 2.85 bits per heavy atom. The van der Waals surface area contributed by atoms with Gasteiger partial charge in [0, 0.05) is 4.88 Å². The van der Waals surface area contributed by atoms with Crippen LogP contribution >= 0.6 is 22.9 Å². The van der Waals surface area contributed by atoms with Crippen LogP contribution in [0.15, 0.2) is 12.1 Å². The fourth-order valence-electron chi connectivity index (χ4n) is 1.52. The molecule has 8 heteroatoms. The average Bonchev–Trinajstić information content (AvgIpc) is 2.82. The number of nitrogen functional groups attached to an aromatic ring is 1. The Morgan fingerprint density at radius 1 is 1.40 bits per heavy atom. The molecule has 0 spiro atoms. The second-order valence-electron chi connectivity index (χ2n) is 4.16. The zero-order valence-electron chi connectivity index (χ0n) is 11.3. The predicted octanol–water partition coefficient (Wildman–Crippen LogP) is 3.13. The molecule has 0 aliphatic rings. The van der Waals surface area contributed by atoms with Crippen LogP contribution in [0.3, 0.4) is 0 Å². The highest BCUT2D eigenvalue weighted by atomic mass is 35.5. The number of halogens is 1. The highest BCUT2D eigenvalue weighted by Crippen LogP contribution is 2.28. The van der Waals surface area contributed by atoms with E-state index in [0.29, 0.717) is 12.6 Å². The first-order chi connectivity index (χ1) is 9.58. The van der Waals surface area contributed by atoms with Gasteiger partial charge in [0.05, 0.1) is 17.0 Å². The number of aromatic nitrogens is 3. The van der Waals surface area contributed by atoms with Crippen molar-refractivity contribution in [2.24, 2.45) is 0 Å². The van der Waals surface area contributed by atoms with Crippen LogP contribution in [-0.2, 0) is 0 Å². The molecule has 20 heavy (non-hydrogen) atoms. The molecule has 0 aliphatic carbocycles. The number of nitrogens with one attached hydrogen (secondary N) is 1. The van der Waals surface area contributed by atoms with Gasteiger partial charge < -0.3 is 15.8 Å². The standard InChI is InChI=1S/C12H16ClN5OS/c1-3-6-19-12-17-10(14)16-11(18-12)15-7(2)8-4-5-9(13)20-8/h4-5,7H,3,6H2,1-2H3,(H3,14,15,16,17,18). The second-order valence-corrected chi connectivity index (χ2v) is 5.90. The Balaban J connectivity index is 2.10. The molecule has 2 aromatic rings. The fourth-order valence-corrected chi connectivity index (χ4v) is 2.58. The van der Waals surface area contributed by atoms with Crippen LogP contribution in [0.4, 0.5) is 11.9 Å². The predicted molar refractivity (Wildman–Crippen MR) is 81.4 cm³/mol. The maximum Gasteiger partial charge on any atom is 0.323 e. The molecule has 6 nitrogen and oxygen atoms in total. The summed E-state index contributed by atoms with van der Waals surface area (Å²) in [7, 11) is 0. The second kappa shape index (κ2) is 6.71. The molecule has 1 unspecified atom stereocenters. The summed E-state index contributed by atoms with van der Waals surface area (Å²) in [5.74, 6) is 0.519. The van der Waals surface area contributed by atoms with E-state index in [4.69, 9.17) is 22.1 Å². The molecule has 0 amide bonds. The number of nitrogens with zero attached hydrogens (tertiary/aromatic N) is 3. The van der Waals surface area contributed by atoms with Gasteiger partial charge in [0.1, 0.15) is 0 Å². The van der Waals surface area contributed by atoms with Crippen LogP contribution < -0.4 is 15.8 Å². The molecule has 0 saturated carbocycles. The van der Waals surface area contributed by atoms with E-state index in [2.05, 4.69) is 20.3 Å². The van der Waals surface area contributed by atoms with Crippen molar-refractivity contribution < 1.29 is 4.74 Å². The fraction of sp³-hybridized carbons (Fsp3) is 0.417. The molecule has 2 aromatic heterocycles. The summed E-state index contributed by atoms with van der Waals surface area (Å²) in [6, 6.07) is 4.08. The number of thiophene rings is 1. The summed E-state index contributed by atoms with van der Waals surface area (Å²) in [4.78, 5) is 13.2. The lowest BCUT2D eigenvalue weighted by Gasteiger charge is -2.12. The third-order valence-corrected chi connectivity index (χ3v) is 3.85. The van der Waals surface area contributed by atoms with Gasteiger partial charge in [0.15, 0.2) is 0 Å². The third kappa shape index (κ3) is 3.94. The first kappa shape index (κ1) is 14.8. The topological polar surface area (TPSA) is 86.0 Å². The van der Waals surface area contributed by atoms with E-state index in [1.165, 1.54) is 11.3 Å². The summed E-state index contributed by atoms with van der Waals surface area (Å²) >= 11 is 7.43. The van der Waals surface area contributed by atoms with Gasteiger partial charge in [-0.2, -0.15) is 15.0 Å². The summed E-state index contributed by atoms with van der Waals surface area (Å²) < 4.78 is 6.11. The number of anilines is 2. The van der Waals surface area contributed by atoms with Crippen molar-refractivity contribution in [3.8, 4) is 6.01 Å². The highest BCUT2D eigenvalue weighted by molar-refractivity contribution is 7.16. The molecule has 0 aliphatic heterocycles. The molecular formula is C12H16ClN5OS. The number of hydrogen-bond donors (Lipinski definition) is 2. The minimum Gasteiger partial charge on any atom is -0.463 e. The molecule has 108 valence electrons. The average molecular weight is 314 g/mol. The van der Waals surface area contributed by atoms with Crippen molar-refractivity contribution in [3.63, 3.8) is 0 Å². The van der Waals surface area contributed by atoms with Crippen LogP contribution in [0.1, 0.15) is 31.2 Å². The van der Waals surface area contributed by atoms with Crippen LogP contribution in [-0.4, -0.2) is 21.6 Å². The van der Waals surface area contributed by atoms with Gasteiger partial charge in [-0.1, -0.05) is 18.5 Å². The van der Waals surface area contributed by atoms with E-state index in [9.17, 15) is 0 Å². The monoisotopic (exact) mass is 313 g/mol. The molecule has 3 N–H and O–H groups in total. The Kier molecular flexibility index (Phi) is 4.97. The van der Waals surface area contributed by atoms with Gasteiger partial charge in [0.25, 0.3) is 0 Å². The lowest BCUT2D eigenvalue weighted by atomic mass is 10.3. The van der Waals surface area contributed by atoms with Crippen molar-refractivity contribution in [1.82, 2.24) is 15.0 Å². The SMILES string of the molecule is CCCOc1nc(N)nc(NC(C)c2ccc(Cl)s2)n1. The van der Waals surface area contributed by atoms with Gasteiger partial charge >= 0.3 is 6.01 Å². The summed E-state index contributed by atoms with van der Waals surface area (Å²) in [6.07, 6.45) is 0.873. The first-order valence-electron chi connectivity index (χ1n) is 6.24. The maximum atomic E-state index is 5.92. The largest absolute Gasteiger partial charge is 0.463 e. The Bertz CT molecular complexity index is 577. The van der Waals surface area contributed by atoms with Gasteiger partial charge in [-0.15, -0.1) is 11.3 Å². The minimum atomic E-state index is 0.0216. The molecule has 2 heterocycles. The number of rotatable bonds is 6. The Labute approximate surface area is 126 Å². The molecule has 0 bridgehead atoms. The van der Waals surface area contributed by atoms with Gasteiger partial charge in [0.2, 0.25) is 11.9 Å². The third-order valence-electron chi connectivity index (χ3n) is 2.43. The van der Waals surface area contributed by atoms with E-state index in [0.717, 1.165) is 15.6 Å². The van der Waals surface area contributed by atoms with Crippen molar-refractivity contribution in [2.75, 3.05) is 17.7 Å². The van der Waals surface area contributed by atoms with Gasteiger partial charge in [-0.05, 0) is 25.5 Å². The summed E-state index contributed by atoms with van der Waals surface area (Å²) in [6.45, 7) is 4.54. The van der Waals surface area contributed by atoms with Gasteiger partial charge in [-0.25, -0.2) is 0 Å². The van der Waals surface area contributed by atoms with Crippen LogP contribution in [0.25, 0.3) is 0 Å². The van der Waals surface area contributed by atoms with Crippen molar-refractivity contribution in [2.45, 2.75) is 26.3 Å². The molecule has 0 aromatic carbocycles. The zero-order chi connectivity index (χ0) is 14.5. The Morgan fingerprint density at radius 2 is 2.20 bits per heavy atom. The van der Waals surface area contributed by atoms with Crippen LogP contribution in [0, 0.1) is 0 Å². The molecule has 0 fully saturated rings. The van der Waals surface area contributed by atoms with Gasteiger partial charge in [-0.3, -0.25) is 0 Å². The normalized spacial score (nSPS) is 12.2. The number of nitrogens with two attached hydrogens (primary N) is 1. The maximum absolute atomic E-state index is 5.92. The zero-order valence-corrected chi connectivity index (χ0v) is 12.8. The van der Waals surface area contributed by atoms with E-state index in [1.807, 2.05) is 26.0 Å². The van der Waals surface area contributed by atoms with Crippen LogP contribution in [0.2, 0.25) is 4.34 Å². The van der Waals surface area contributed by atoms with E-state index in [-0.39, 0.29) is 18.0 Å². The first-order valence-corrected chi connectivity index (χ1v) is 7.44. The van der Waals surface area contributed by atoms with Crippen molar-refractivity contribution in [3.05, 3.63) is 21.3 Å². The molecule has 0 saturated heterocycles. The van der Waals surface area contributed by atoms with E-state index >= 15 is 0 Å². The lowest BCUT2D eigenvalue weighted by Crippen LogP contribution is -2.12. The minimum absolute atomic E-state index is 0.0216. The van der Waals surface area contributed by atoms with E-state index in [1.54, 1.807) is 0 Å². The molecule has 0 radical (unpaired) electrons. The Hall–Kier alpha value is -1.60. The van der Waals surface area contributed by atoms with Crippen molar-refractivity contribution >= 4 is 34.8 Å². The number of hydrogen-bond acceptors (Lipinski definition) is 7. The summed E-state index contributed by atoms with van der Waals surface area (Å²) in [5, 5.41) is 3.16. The molecule has 2 rings (SSSR count). The molecule has 1 atom stereocenters. The molecular weight excluding hydrogens is 298 g/mol.